The van der Waals surface area contributed by atoms with Gasteiger partial charge in [0.2, 0.25) is 5.82 Å². The van der Waals surface area contributed by atoms with Gasteiger partial charge in [-0.1, -0.05) is 13.3 Å². The summed E-state index contributed by atoms with van der Waals surface area (Å²) in [5.74, 6) is -0.542. The summed E-state index contributed by atoms with van der Waals surface area (Å²) in [7, 11) is 0. The van der Waals surface area contributed by atoms with E-state index in [2.05, 4.69) is 16.9 Å². The molecule has 2 rings (SSSR count). The van der Waals surface area contributed by atoms with Gasteiger partial charge in [0.25, 0.3) is 5.91 Å². The highest BCUT2D eigenvalue weighted by atomic mass is 16.5. The lowest BCUT2D eigenvalue weighted by atomic mass is 9.95. The first kappa shape index (κ1) is 11.0. The molecule has 2 N–H and O–H groups in total. The van der Waals surface area contributed by atoms with Gasteiger partial charge in [-0.2, -0.15) is 0 Å². The summed E-state index contributed by atoms with van der Waals surface area (Å²) < 4.78 is 5.73. The lowest BCUT2D eigenvalue weighted by Crippen LogP contribution is -2.24. The van der Waals surface area contributed by atoms with Crippen LogP contribution in [0.15, 0.2) is 6.20 Å². The van der Waals surface area contributed by atoms with Gasteiger partial charge in [0.15, 0.2) is 0 Å². The summed E-state index contributed by atoms with van der Waals surface area (Å²) in [6, 6.07) is 0. The third kappa shape index (κ3) is 1.67. The molecule has 16 heavy (non-hydrogen) atoms. The molecule has 0 radical (unpaired) electrons. The summed E-state index contributed by atoms with van der Waals surface area (Å²) in [5.41, 5.74) is 6.51. The lowest BCUT2D eigenvalue weighted by molar-refractivity contribution is -0.0322. The molecule has 1 atom stereocenters. The number of primary amides is 1. The van der Waals surface area contributed by atoms with E-state index >= 15 is 0 Å². The SMILES string of the molecule is CCCC1(C)OCc2cnc(C(N)=O)nc21. The molecule has 5 nitrogen and oxygen atoms in total. The second-order valence-electron chi connectivity index (χ2n) is 4.20. The van der Waals surface area contributed by atoms with Crippen molar-refractivity contribution in [2.24, 2.45) is 5.73 Å². The topological polar surface area (TPSA) is 78.1 Å². The van der Waals surface area contributed by atoms with Crippen molar-refractivity contribution in [2.75, 3.05) is 0 Å². The molecule has 0 saturated carbocycles. The number of carbonyl (C=O) groups excluding carboxylic acids is 1. The molecule has 0 aromatic carbocycles. The molecule has 0 saturated heterocycles. The Morgan fingerprint density at radius 3 is 3.06 bits per heavy atom. The van der Waals surface area contributed by atoms with Crippen molar-refractivity contribution in [3.8, 4) is 0 Å². The van der Waals surface area contributed by atoms with Gasteiger partial charge in [0.05, 0.1) is 12.3 Å². The number of hydrogen-bond acceptors (Lipinski definition) is 4. The number of carbonyl (C=O) groups is 1. The lowest BCUT2D eigenvalue weighted by Gasteiger charge is -2.22. The number of nitrogens with zero attached hydrogens (tertiary/aromatic N) is 2. The molecule has 1 aliphatic heterocycles. The summed E-state index contributed by atoms with van der Waals surface area (Å²) in [4.78, 5) is 19.1. The van der Waals surface area contributed by atoms with E-state index < -0.39 is 11.5 Å². The average molecular weight is 221 g/mol. The molecular weight excluding hydrogens is 206 g/mol. The first-order chi connectivity index (χ1) is 7.57. The maximum absolute atomic E-state index is 11.0. The molecule has 1 aromatic rings. The van der Waals surface area contributed by atoms with Gasteiger partial charge in [-0.15, -0.1) is 0 Å². The second-order valence-corrected chi connectivity index (χ2v) is 4.20. The normalized spacial score (nSPS) is 23.1. The molecule has 2 heterocycles. The van der Waals surface area contributed by atoms with Gasteiger partial charge < -0.3 is 10.5 Å². The van der Waals surface area contributed by atoms with E-state index in [-0.39, 0.29) is 5.82 Å². The standard InChI is InChI=1S/C11H15N3O2/c1-3-4-11(2)8-7(6-16-11)5-13-10(14-8)9(12)15/h5H,3-4,6H2,1-2H3,(H2,12,15). The van der Waals surface area contributed by atoms with Gasteiger partial charge in [-0.05, 0) is 13.3 Å². The number of hydrogen-bond donors (Lipinski definition) is 1. The van der Waals surface area contributed by atoms with Crippen LogP contribution < -0.4 is 5.73 Å². The molecule has 1 amide bonds. The quantitative estimate of drug-likeness (QED) is 0.829. The van der Waals surface area contributed by atoms with Crippen molar-refractivity contribution in [3.63, 3.8) is 0 Å². The highest BCUT2D eigenvalue weighted by molar-refractivity contribution is 5.88. The predicted molar refractivity (Wildman–Crippen MR) is 57.6 cm³/mol. The van der Waals surface area contributed by atoms with Crippen LogP contribution >= 0.6 is 0 Å². The molecule has 5 heteroatoms. The maximum atomic E-state index is 11.0. The Morgan fingerprint density at radius 2 is 2.44 bits per heavy atom. The van der Waals surface area contributed by atoms with Crippen LogP contribution in [0.3, 0.4) is 0 Å². The first-order valence-corrected chi connectivity index (χ1v) is 5.37. The summed E-state index contributed by atoms with van der Waals surface area (Å²) in [5, 5.41) is 0. The van der Waals surface area contributed by atoms with Crippen molar-refractivity contribution in [3.05, 3.63) is 23.3 Å². The molecule has 0 bridgehead atoms. The van der Waals surface area contributed by atoms with Gasteiger partial charge in [-0.25, -0.2) is 9.97 Å². The Balaban J connectivity index is 2.44. The van der Waals surface area contributed by atoms with Gasteiger partial charge in [0, 0.05) is 11.8 Å². The minimum absolute atomic E-state index is 0.0616. The monoisotopic (exact) mass is 221 g/mol. The van der Waals surface area contributed by atoms with E-state index in [9.17, 15) is 4.79 Å². The van der Waals surface area contributed by atoms with E-state index in [1.54, 1.807) is 6.20 Å². The largest absolute Gasteiger partial charge is 0.364 e. The number of fused-ring (bicyclic) bond motifs is 1. The zero-order valence-corrected chi connectivity index (χ0v) is 9.49. The third-order valence-corrected chi connectivity index (χ3v) is 2.86. The number of rotatable bonds is 3. The van der Waals surface area contributed by atoms with Crippen LogP contribution in [0.5, 0.6) is 0 Å². The Hall–Kier alpha value is -1.49. The second kappa shape index (κ2) is 3.83. The van der Waals surface area contributed by atoms with Crippen LogP contribution in [0.4, 0.5) is 0 Å². The van der Waals surface area contributed by atoms with E-state index in [4.69, 9.17) is 10.5 Å². The van der Waals surface area contributed by atoms with Crippen LogP contribution in [-0.2, 0) is 16.9 Å². The Morgan fingerprint density at radius 1 is 1.69 bits per heavy atom. The Bertz CT molecular complexity index is 429. The van der Waals surface area contributed by atoms with Crippen LogP contribution in [-0.4, -0.2) is 15.9 Å². The summed E-state index contributed by atoms with van der Waals surface area (Å²) in [6.45, 7) is 4.58. The third-order valence-electron chi connectivity index (χ3n) is 2.86. The van der Waals surface area contributed by atoms with Crippen molar-refractivity contribution in [1.82, 2.24) is 9.97 Å². The highest BCUT2D eigenvalue weighted by Crippen LogP contribution is 2.37. The fourth-order valence-corrected chi connectivity index (χ4v) is 2.06. The van der Waals surface area contributed by atoms with Gasteiger partial charge in [0.1, 0.15) is 5.60 Å². The Labute approximate surface area is 94.0 Å². The predicted octanol–water partition coefficient (Wildman–Crippen LogP) is 1.12. The number of nitrogens with two attached hydrogens (primary N) is 1. The van der Waals surface area contributed by atoms with E-state index in [0.717, 1.165) is 24.1 Å². The van der Waals surface area contributed by atoms with Crippen LogP contribution in [0, 0.1) is 0 Å². The summed E-state index contributed by atoms with van der Waals surface area (Å²) in [6.07, 6.45) is 3.49. The minimum Gasteiger partial charge on any atom is -0.364 e. The average Bonchev–Trinajstić information content (AvgIpc) is 2.57. The summed E-state index contributed by atoms with van der Waals surface area (Å²) >= 11 is 0. The van der Waals surface area contributed by atoms with Crippen molar-refractivity contribution >= 4 is 5.91 Å². The van der Waals surface area contributed by atoms with Gasteiger partial charge in [-0.3, -0.25) is 4.79 Å². The van der Waals surface area contributed by atoms with Crippen molar-refractivity contribution in [1.29, 1.82) is 0 Å². The van der Waals surface area contributed by atoms with Crippen LogP contribution in [0.2, 0.25) is 0 Å². The molecule has 1 aromatic heterocycles. The van der Waals surface area contributed by atoms with E-state index in [1.807, 2.05) is 6.92 Å². The molecular formula is C11H15N3O2. The number of amides is 1. The number of aromatic nitrogens is 2. The molecule has 0 aliphatic carbocycles. The molecule has 1 aliphatic rings. The van der Waals surface area contributed by atoms with Crippen LogP contribution in [0.1, 0.15) is 48.6 Å². The zero-order chi connectivity index (χ0) is 11.8. The van der Waals surface area contributed by atoms with E-state index in [0.29, 0.717) is 6.61 Å². The molecule has 1 unspecified atom stereocenters. The zero-order valence-electron chi connectivity index (χ0n) is 9.49. The number of ether oxygens (including phenoxy) is 1. The maximum Gasteiger partial charge on any atom is 0.286 e. The molecule has 0 spiro atoms. The fourth-order valence-electron chi connectivity index (χ4n) is 2.06. The van der Waals surface area contributed by atoms with E-state index in [1.165, 1.54) is 0 Å². The van der Waals surface area contributed by atoms with Gasteiger partial charge >= 0.3 is 0 Å². The molecule has 86 valence electrons. The minimum atomic E-state index is -0.603. The smallest absolute Gasteiger partial charge is 0.286 e. The van der Waals surface area contributed by atoms with Crippen LogP contribution in [0.25, 0.3) is 0 Å². The first-order valence-electron chi connectivity index (χ1n) is 5.37. The highest BCUT2D eigenvalue weighted by Gasteiger charge is 2.37. The van der Waals surface area contributed by atoms with Crippen molar-refractivity contribution < 1.29 is 9.53 Å². The Kier molecular flexibility index (Phi) is 2.63. The fraction of sp³-hybridized carbons (Fsp3) is 0.545. The molecule has 0 fully saturated rings. The van der Waals surface area contributed by atoms with Crippen molar-refractivity contribution in [2.45, 2.75) is 38.9 Å².